The fraction of sp³-hybridized carbons (Fsp3) is 0.182. The van der Waals surface area contributed by atoms with Gasteiger partial charge in [0.05, 0.1) is 34.9 Å². The zero-order chi connectivity index (χ0) is 19.1. The lowest BCUT2D eigenvalue weighted by Gasteiger charge is -2.37. The van der Waals surface area contributed by atoms with Crippen molar-refractivity contribution in [3.63, 3.8) is 0 Å². The first-order chi connectivity index (χ1) is 13.7. The lowest BCUT2D eigenvalue weighted by Crippen LogP contribution is -2.43. The van der Waals surface area contributed by atoms with E-state index < -0.39 is 0 Å². The van der Waals surface area contributed by atoms with Gasteiger partial charge in [0, 0.05) is 6.20 Å². The fourth-order valence-corrected chi connectivity index (χ4v) is 3.63. The maximum absolute atomic E-state index is 9.92. The first kappa shape index (κ1) is 16.8. The molecule has 1 aliphatic heterocycles. The number of nitrogens with one attached hydrogen (secondary N) is 1. The topological polar surface area (TPSA) is 74.3 Å². The van der Waals surface area contributed by atoms with Crippen LogP contribution in [0.3, 0.4) is 0 Å². The molecule has 4 aromatic rings. The number of aliphatic hydroxyl groups excluding tert-OH is 1. The highest BCUT2D eigenvalue weighted by atomic mass is 16.5. The quantitative estimate of drug-likeness (QED) is 0.572. The van der Waals surface area contributed by atoms with E-state index in [9.17, 15) is 5.11 Å². The maximum Gasteiger partial charge on any atom is 0.154 e. The van der Waals surface area contributed by atoms with Crippen LogP contribution in [0, 0.1) is 6.92 Å². The number of pyridine rings is 1. The van der Waals surface area contributed by atoms with Gasteiger partial charge in [-0.2, -0.15) is 0 Å². The summed E-state index contributed by atoms with van der Waals surface area (Å²) in [4.78, 5) is 14.7. The summed E-state index contributed by atoms with van der Waals surface area (Å²) >= 11 is 0. The smallest absolute Gasteiger partial charge is 0.154 e. The largest absolute Gasteiger partial charge is 0.488 e. The summed E-state index contributed by atoms with van der Waals surface area (Å²) in [5, 5.41) is 9.92. The number of aryl methyl sites for hydroxylation is 1. The van der Waals surface area contributed by atoms with Crippen molar-refractivity contribution in [1.29, 1.82) is 0 Å². The van der Waals surface area contributed by atoms with Crippen molar-refractivity contribution < 1.29 is 9.84 Å². The number of imidazole rings is 1. The normalized spacial score (nSPS) is 16.1. The Morgan fingerprint density at radius 1 is 1.14 bits per heavy atom. The second kappa shape index (κ2) is 6.65. The number of para-hydroxylation sites is 3. The number of hydrogen-bond donors (Lipinski definition) is 2. The predicted molar refractivity (Wildman–Crippen MR) is 109 cm³/mol. The Kier molecular flexibility index (Phi) is 3.98. The van der Waals surface area contributed by atoms with Gasteiger partial charge in [0.15, 0.2) is 5.75 Å². The Morgan fingerprint density at radius 3 is 2.82 bits per heavy atom. The molecule has 0 radical (unpaired) electrons. The molecular formula is C22H20N4O2. The van der Waals surface area contributed by atoms with Gasteiger partial charge in [0.2, 0.25) is 0 Å². The number of aromatic nitrogens is 3. The monoisotopic (exact) mass is 372 g/mol. The molecule has 1 atom stereocenters. The highest BCUT2D eigenvalue weighted by Crippen LogP contribution is 2.44. The maximum atomic E-state index is 9.92. The molecule has 6 heteroatoms. The van der Waals surface area contributed by atoms with E-state index in [-0.39, 0.29) is 12.6 Å². The first-order valence-corrected chi connectivity index (χ1v) is 9.28. The lowest BCUT2D eigenvalue weighted by molar-refractivity contribution is 0.195. The number of nitrogens with zero attached hydrogens (tertiary/aromatic N) is 3. The molecule has 1 unspecified atom stereocenters. The van der Waals surface area contributed by atoms with Gasteiger partial charge >= 0.3 is 0 Å². The molecule has 2 N–H and O–H groups in total. The minimum Gasteiger partial charge on any atom is -0.488 e. The van der Waals surface area contributed by atoms with Crippen LogP contribution in [0.2, 0.25) is 0 Å². The van der Waals surface area contributed by atoms with Crippen LogP contribution in [0.25, 0.3) is 22.4 Å². The van der Waals surface area contributed by atoms with Gasteiger partial charge in [0.25, 0.3) is 0 Å². The fourth-order valence-electron chi connectivity index (χ4n) is 3.63. The van der Waals surface area contributed by atoms with Gasteiger partial charge in [0.1, 0.15) is 18.2 Å². The van der Waals surface area contributed by atoms with Crippen molar-refractivity contribution in [2.45, 2.75) is 13.0 Å². The van der Waals surface area contributed by atoms with Gasteiger partial charge in [-0.25, -0.2) is 9.97 Å². The lowest BCUT2D eigenvalue weighted by atomic mass is 10.1. The Bertz CT molecular complexity index is 1100. The third kappa shape index (κ3) is 2.70. The van der Waals surface area contributed by atoms with Crippen LogP contribution in [0.5, 0.6) is 5.75 Å². The average Bonchev–Trinajstić information content (AvgIpc) is 3.17. The minimum atomic E-state index is -0.200. The van der Waals surface area contributed by atoms with Gasteiger partial charge < -0.3 is 19.7 Å². The van der Waals surface area contributed by atoms with E-state index in [1.807, 2.05) is 72.6 Å². The van der Waals surface area contributed by atoms with Crippen LogP contribution in [-0.4, -0.2) is 39.3 Å². The molecule has 2 aromatic carbocycles. The number of ether oxygens (including phenoxy) is 1. The molecular weight excluding hydrogens is 352 g/mol. The molecule has 5 rings (SSSR count). The van der Waals surface area contributed by atoms with Crippen LogP contribution in [0.15, 0.2) is 60.8 Å². The van der Waals surface area contributed by atoms with Crippen molar-refractivity contribution >= 4 is 22.5 Å². The molecule has 0 bridgehead atoms. The van der Waals surface area contributed by atoms with Crippen molar-refractivity contribution in [3.05, 3.63) is 66.4 Å². The number of fused-ring (bicyclic) bond motifs is 2. The molecule has 0 amide bonds. The van der Waals surface area contributed by atoms with Crippen molar-refractivity contribution in [1.82, 2.24) is 15.0 Å². The summed E-state index contributed by atoms with van der Waals surface area (Å²) in [5.74, 6) is 2.29. The van der Waals surface area contributed by atoms with E-state index in [2.05, 4.69) is 9.97 Å². The van der Waals surface area contributed by atoms with Crippen LogP contribution in [-0.2, 0) is 0 Å². The van der Waals surface area contributed by atoms with Gasteiger partial charge in [-0.1, -0.05) is 24.3 Å². The highest BCUT2D eigenvalue weighted by Gasteiger charge is 2.31. The highest BCUT2D eigenvalue weighted by molar-refractivity contribution is 5.84. The Morgan fingerprint density at radius 2 is 2.04 bits per heavy atom. The van der Waals surface area contributed by atoms with Crippen molar-refractivity contribution in [2.75, 3.05) is 18.1 Å². The Labute approximate surface area is 162 Å². The Balaban J connectivity index is 1.66. The SMILES string of the molecule is Cc1ccc(N2c3cccc(-c4nc5ccccc5[nH]4)c3OCC2CO)nc1. The van der Waals surface area contributed by atoms with E-state index in [1.54, 1.807) is 0 Å². The number of benzene rings is 2. The third-order valence-electron chi connectivity index (χ3n) is 5.04. The zero-order valence-corrected chi connectivity index (χ0v) is 15.5. The first-order valence-electron chi connectivity index (χ1n) is 9.28. The summed E-state index contributed by atoms with van der Waals surface area (Å²) in [6.07, 6.45) is 1.84. The summed E-state index contributed by atoms with van der Waals surface area (Å²) in [7, 11) is 0. The molecule has 28 heavy (non-hydrogen) atoms. The molecule has 6 nitrogen and oxygen atoms in total. The number of hydrogen-bond acceptors (Lipinski definition) is 5. The van der Waals surface area contributed by atoms with Crippen LogP contribution >= 0.6 is 0 Å². The summed E-state index contributed by atoms with van der Waals surface area (Å²) in [6, 6.07) is 17.7. The van der Waals surface area contributed by atoms with Crippen LogP contribution < -0.4 is 9.64 Å². The summed E-state index contributed by atoms with van der Waals surface area (Å²) in [6.45, 7) is 2.35. The van der Waals surface area contributed by atoms with E-state index in [4.69, 9.17) is 9.72 Å². The minimum absolute atomic E-state index is 0.0239. The second-order valence-electron chi connectivity index (χ2n) is 6.97. The third-order valence-corrected chi connectivity index (χ3v) is 5.04. The van der Waals surface area contributed by atoms with E-state index in [0.29, 0.717) is 6.61 Å². The molecule has 0 fully saturated rings. The summed E-state index contributed by atoms with van der Waals surface area (Å²) in [5.41, 5.74) is 4.75. The number of aromatic amines is 1. The van der Waals surface area contributed by atoms with Gasteiger partial charge in [-0.3, -0.25) is 0 Å². The number of aliphatic hydroxyl groups is 1. The molecule has 3 heterocycles. The Hall–Kier alpha value is -3.38. The second-order valence-corrected chi connectivity index (χ2v) is 6.97. The van der Waals surface area contributed by atoms with Crippen LogP contribution in [0.4, 0.5) is 11.5 Å². The molecule has 0 saturated heterocycles. The molecule has 1 aliphatic rings. The number of anilines is 2. The zero-order valence-electron chi connectivity index (χ0n) is 15.5. The van der Waals surface area contributed by atoms with E-state index in [1.165, 1.54) is 0 Å². The van der Waals surface area contributed by atoms with Crippen LogP contribution in [0.1, 0.15) is 5.56 Å². The number of rotatable bonds is 3. The van der Waals surface area contributed by atoms with Gasteiger partial charge in [-0.15, -0.1) is 0 Å². The van der Waals surface area contributed by atoms with Gasteiger partial charge in [-0.05, 0) is 42.8 Å². The van der Waals surface area contributed by atoms with E-state index in [0.717, 1.165) is 45.2 Å². The molecule has 2 aromatic heterocycles. The average molecular weight is 372 g/mol. The molecule has 140 valence electrons. The van der Waals surface area contributed by atoms with E-state index >= 15 is 0 Å². The molecule has 0 saturated carbocycles. The molecule has 0 spiro atoms. The number of H-pyrrole nitrogens is 1. The van der Waals surface area contributed by atoms with Crippen molar-refractivity contribution in [3.8, 4) is 17.1 Å². The standard InChI is InChI=1S/C22H20N4O2/c1-14-9-10-20(23-11-14)26-15(12-27)13-28-21-16(5-4-8-19(21)26)22-24-17-6-2-3-7-18(17)25-22/h2-11,15,27H,12-13H2,1H3,(H,24,25). The predicted octanol–water partition coefficient (Wildman–Crippen LogP) is 3.82. The molecule has 0 aliphatic carbocycles. The summed E-state index contributed by atoms with van der Waals surface area (Å²) < 4.78 is 6.09. The van der Waals surface area contributed by atoms with Crippen molar-refractivity contribution in [2.24, 2.45) is 0 Å².